The van der Waals surface area contributed by atoms with Gasteiger partial charge in [-0.2, -0.15) is 0 Å². The van der Waals surface area contributed by atoms with Gasteiger partial charge in [-0.3, -0.25) is 4.79 Å². The third-order valence-electron chi connectivity index (χ3n) is 4.90. The lowest BCUT2D eigenvalue weighted by molar-refractivity contribution is -0.924. The number of aromatic nitrogens is 1. The summed E-state index contributed by atoms with van der Waals surface area (Å²) in [6.45, 7) is 0.976. The van der Waals surface area contributed by atoms with Crippen molar-refractivity contribution < 1.29 is 19.2 Å². The Bertz CT molecular complexity index is 750. The van der Waals surface area contributed by atoms with Crippen molar-refractivity contribution in [2.24, 2.45) is 0 Å². The van der Waals surface area contributed by atoms with E-state index < -0.39 is 0 Å². The fourth-order valence-electron chi connectivity index (χ4n) is 3.95. The predicted octanol–water partition coefficient (Wildman–Crippen LogP) is 1.25. The van der Waals surface area contributed by atoms with E-state index in [2.05, 4.69) is 4.98 Å². The topological polar surface area (TPSA) is 56.1 Å². The number of para-hydroxylation sites is 1. The van der Waals surface area contributed by atoms with Crippen LogP contribution in [0.15, 0.2) is 29.8 Å². The van der Waals surface area contributed by atoms with Crippen molar-refractivity contribution in [1.29, 1.82) is 0 Å². The van der Waals surface area contributed by atoms with Crippen LogP contribution in [0.25, 0.3) is 0 Å². The summed E-state index contributed by atoms with van der Waals surface area (Å²) in [5.74, 6) is 1.54. The van der Waals surface area contributed by atoms with E-state index in [9.17, 15) is 4.79 Å². The van der Waals surface area contributed by atoms with E-state index in [0.29, 0.717) is 11.5 Å². The van der Waals surface area contributed by atoms with Crippen LogP contribution in [0.4, 0.5) is 5.13 Å². The zero-order chi connectivity index (χ0) is 16.7. The largest absolute Gasteiger partial charge is 0.493 e. The molecule has 2 fully saturated rings. The number of hydrogen-bond acceptors (Lipinski definition) is 5. The number of benzene rings is 1. The van der Waals surface area contributed by atoms with Crippen LogP contribution in [-0.2, 0) is 4.79 Å². The number of fused-ring (bicyclic) bond motifs is 1. The monoisotopic (exact) mass is 346 g/mol. The van der Waals surface area contributed by atoms with Gasteiger partial charge in [-0.15, -0.1) is 11.3 Å². The highest BCUT2D eigenvalue weighted by molar-refractivity contribution is 7.13. The molecule has 4 rings (SSSR count). The maximum atomic E-state index is 13.0. The molecule has 126 valence electrons. The molecule has 2 aromatic rings. The molecule has 3 unspecified atom stereocenters. The van der Waals surface area contributed by atoms with Crippen molar-refractivity contribution in [2.45, 2.75) is 25.0 Å². The number of methoxy groups -OCH3 is 2. The quantitative estimate of drug-likeness (QED) is 0.905. The van der Waals surface area contributed by atoms with E-state index >= 15 is 0 Å². The minimum absolute atomic E-state index is 0.00908. The third kappa shape index (κ3) is 2.19. The molecule has 2 aliphatic rings. The van der Waals surface area contributed by atoms with Gasteiger partial charge in [0.15, 0.2) is 22.7 Å². The summed E-state index contributed by atoms with van der Waals surface area (Å²) < 4.78 is 11.1. The molecule has 3 atom stereocenters. The molecule has 6 nitrogen and oxygen atoms in total. The van der Waals surface area contributed by atoms with E-state index in [-0.39, 0.29) is 18.1 Å². The lowest BCUT2D eigenvalue weighted by atomic mass is 10.1. The molecule has 0 saturated carbocycles. The first-order valence-corrected chi connectivity index (χ1v) is 8.93. The van der Waals surface area contributed by atoms with Gasteiger partial charge in [0.25, 0.3) is 5.91 Å². The summed E-state index contributed by atoms with van der Waals surface area (Å²) >= 11 is 1.49. The van der Waals surface area contributed by atoms with E-state index in [1.54, 1.807) is 20.4 Å². The van der Waals surface area contributed by atoms with Crippen molar-refractivity contribution in [2.75, 3.05) is 25.7 Å². The van der Waals surface area contributed by atoms with Crippen LogP contribution in [-0.4, -0.2) is 37.7 Å². The number of rotatable bonds is 4. The Morgan fingerprint density at radius 1 is 1.33 bits per heavy atom. The van der Waals surface area contributed by atoms with Gasteiger partial charge in [-0.25, -0.2) is 9.88 Å². The minimum Gasteiger partial charge on any atom is -0.493 e. The average Bonchev–Trinajstić information content (AvgIpc) is 3.32. The minimum atomic E-state index is -0.124. The van der Waals surface area contributed by atoms with Crippen LogP contribution >= 0.6 is 11.3 Å². The number of quaternary nitrogens is 1. The molecule has 0 bridgehead atoms. The first-order valence-electron chi connectivity index (χ1n) is 8.05. The Labute approximate surface area is 144 Å². The van der Waals surface area contributed by atoms with E-state index in [4.69, 9.17) is 9.47 Å². The highest BCUT2D eigenvalue weighted by atomic mass is 32.1. The molecule has 1 N–H and O–H groups in total. The molecule has 2 aliphatic heterocycles. The molecule has 3 heterocycles. The highest BCUT2D eigenvalue weighted by Crippen LogP contribution is 2.39. The summed E-state index contributed by atoms with van der Waals surface area (Å²) in [6, 6.07) is 5.86. The van der Waals surface area contributed by atoms with Crippen LogP contribution in [0.3, 0.4) is 0 Å². The van der Waals surface area contributed by atoms with Crippen molar-refractivity contribution in [3.63, 3.8) is 0 Å². The molecule has 1 aromatic carbocycles. The van der Waals surface area contributed by atoms with Crippen molar-refractivity contribution in [1.82, 2.24) is 4.98 Å². The van der Waals surface area contributed by atoms with Gasteiger partial charge >= 0.3 is 0 Å². The van der Waals surface area contributed by atoms with Crippen molar-refractivity contribution in [3.8, 4) is 11.5 Å². The Kier molecular flexibility index (Phi) is 3.90. The van der Waals surface area contributed by atoms with Crippen LogP contribution in [0.5, 0.6) is 11.5 Å². The zero-order valence-electron chi connectivity index (χ0n) is 13.7. The van der Waals surface area contributed by atoms with Crippen molar-refractivity contribution in [3.05, 3.63) is 35.3 Å². The van der Waals surface area contributed by atoms with Gasteiger partial charge in [0.2, 0.25) is 6.17 Å². The Morgan fingerprint density at radius 3 is 2.92 bits per heavy atom. The molecular formula is C17H20N3O3S+. The van der Waals surface area contributed by atoms with Gasteiger partial charge in [-0.1, -0.05) is 6.07 Å². The second-order valence-electron chi connectivity index (χ2n) is 6.03. The number of carbonyl (C=O) groups is 1. The second kappa shape index (κ2) is 6.07. The molecule has 7 heteroatoms. The molecule has 1 amide bonds. The van der Waals surface area contributed by atoms with Crippen LogP contribution in [0, 0.1) is 0 Å². The molecule has 0 aliphatic carbocycles. The number of anilines is 1. The maximum absolute atomic E-state index is 13.0. The van der Waals surface area contributed by atoms with E-state index in [0.717, 1.165) is 30.1 Å². The van der Waals surface area contributed by atoms with Gasteiger partial charge in [0.05, 0.1) is 26.3 Å². The molecule has 0 spiro atoms. The lowest BCUT2D eigenvalue weighted by Gasteiger charge is -2.26. The molecule has 2 saturated heterocycles. The summed E-state index contributed by atoms with van der Waals surface area (Å²) in [7, 11) is 3.27. The SMILES string of the molecule is COc1cccc(C2N(c3nccs3)C(=O)C3CCC[NH+]32)c1OC. The molecule has 24 heavy (non-hydrogen) atoms. The first kappa shape index (κ1) is 15.4. The number of thiazole rings is 1. The summed E-state index contributed by atoms with van der Waals surface area (Å²) in [5, 5.41) is 2.65. The van der Waals surface area contributed by atoms with Gasteiger partial charge < -0.3 is 14.4 Å². The predicted molar refractivity (Wildman–Crippen MR) is 90.7 cm³/mol. The average molecular weight is 346 g/mol. The van der Waals surface area contributed by atoms with E-state index in [1.807, 2.05) is 28.5 Å². The molecule has 1 aromatic heterocycles. The third-order valence-corrected chi connectivity index (χ3v) is 5.67. The Hall–Kier alpha value is -2.12. The van der Waals surface area contributed by atoms with Crippen LogP contribution in [0.1, 0.15) is 24.6 Å². The fraction of sp³-hybridized carbons (Fsp3) is 0.412. The molecule has 0 radical (unpaired) electrons. The number of nitrogens with one attached hydrogen (secondary N) is 1. The van der Waals surface area contributed by atoms with Crippen LogP contribution < -0.4 is 19.3 Å². The van der Waals surface area contributed by atoms with Gasteiger partial charge in [0.1, 0.15) is 0 Å². The number of amides is 1. The zero-order valence-corrected chi connectivity index (χ0v) is 14.5. The number of ether oxygens (including phenoxy) is 2. The van der Waals surface area contributed by atoms with Crippen molar-refractivity contribution >= 4 is 22.4 Å². The fourth-order valence-corrected chi connectivity index (χ4v) is 4.62. The summed E-state index contributed by atoms with van der Waals surface area (Å²) in [6.07, 6.45) is 3.62. The maximum Gasteiger partial charge on any atom is 0.292 e. The molecular weight excluding hydrogens is 326 g/mol. The Morgan fingerprint density at radius 2 is 2.21 bits per heavy atom. The van der Waals surface area contributed by atoms with Gasteiger partial charge in [0, 0.05) is 24.4 Å². The van der Waals surface area contributed by atoms with Gasteiger partial charge in [-0.05, 0) is 12.1 Å². The number of nitrogens with zero attached hydrogens (tertiary/aromatic N) is 2. The number of carbonyl (C=O) groups excluding carboxylic acids is 1. The van der Waals surface area contributed by atoms with Crippen LogP contribution in [0.2, 0.25) is 0 Å². The second-order valence-corrected chi connectivity index (χ2v) is 6.90. The normalized spacial score (nSPS) is 25.8. The number of hydrogen-bond donors (Lipinski definition) is 1. The first-order chi connectivity index (χ1) is 11.8. The van der Waals surface area contributed by atoms with E-state index in [1.165, 1.54) is 16.2 Å². The summed E-state index contributed by atoms with van der Waals surface area (Å²) in [4.78, 5) is 20.5. The highest BCUT2D eigenvalue weighted by Gasteiger charge is 2.55. The Balaban J connectivity index is 1.86. The lowest BCUT2D eigenvalue weighted by Crippen LogP contribution is -3.12. The smallest absolute Gasteiger partial charge is 0.292 e. The standard InChI is InChI=1S/C17H19N3O3S/c1-22-13-7-3-5-11(14(13)23-2)15-19-9-4-6-12(19)16(21)20(15)17-18-8-10-24-17/h3,5,7-8,10,12,15H,4,6,9H2,1-2H3/p+1. The summed E-state index contributed by atoms with van der Waals surface area (Å²) in [5.41, 5.74) is 0.972.